The number of fused-ring (bicyclic) bond motifs is 1. The summed E-state index contributed by atoms with van der Waals surface area (Å²) in [5.41, 5.74) is 1.52. The summed E-state index contributed by atoms with van der Waals surface area (Å²) >= 11 is 0. The number of hydrogen-bond donors (Lipinski definition) is 3. The molecule has 2 unspecified atom stereocenters. The molecule has 2 aromatic rings. The van der Waals surface area contributed by atoms with Gasteiger partial charge in [-0.15, -0.1) is 0 Å². The number of hydrogen-bond acceptors (Lipinski definition) is 2. The van der Waals surface area contributed by atoms with Gasteiger partial charge in [0.2, 0.25) is 0 Å². The zero-order chi connectivity index (χ0) is 18.0. The zero-order valence-corrected chi connectivity index (χ0v) is 13.2. The van der Waals surface area contributed by atoms with E-state index in [0.29, 0.717) is 12.0 Å². The number of alkyl halides is 3. The lowest BCUT2D eigenvalue weighted by Gasteiger charge is -2.15. The molecule has 2 amide bonds. The van der Waals surface area contributed by atoms with Gasteiger partial charge in [-0.3, -0.25) is 0 Å². The van der Waals surface area contributed by atoms with Gasteiger partial charge in [-0.1, -0.05) is 36.4 Å². The molecular weight excluding hydrogens is 333 g/mol. The van der Waals surface area contributed by atoms with Crippen molar-refractivity contribution in [3.05, 3.63) is 70.8 Å². The van der Waals surface area contributed by atoms with Crippen LogP contribution in [0.15, 0.2) is 48.5 Å². The zero-order valence-electron chi connectivity index (χ0n) is 13.2. The van der Waals surface area contributed by atoms with Crippen LogP contribution >= 0.6 is 0 Å². The van der Waals surface area contributed by atoms with Crippen LogP contribution in [0.2, 0.25) is 0 Å². The van der Waals surface area contributed by atoms with Gasteiger partial charge in [-0.05, 0) is 28.8 Å². The molecule has 0 saturated heterocycles. The highest BCUT2D eigenvalue weighted by molar-refractivity contribution is 5.74. The summed E-state index contributed by atoms with van der Waals surface area (Å²) in [4.78, 5) is 12.0. The first-order valence-electron chi connectivity index (χ1n) is 7.82. The number of carbonyl (C=O) groups excluding carboxylic acids is 1. The summed E-state index contributed by atoms with van der Waals surface area (Å²) in [7, 11) is 0. The highest BCUT2D eigenvalue weighted by atomic mass is 19.4. The number of benzene rings is 2. The van der Waals surface area contributed by atoms with Crippen molar-refractivity contribution >= 4 is 6.03 Å². The van der Waals surface area contributed by atoms with Crippen LogP contribution in [0.3, 0.4) is 0 Å². The van der Waals surface area contributed by atoms with Crippen molar-refractivity contribution in [3.8, 4) is 0 Å². The van der Waals surface area contributed by atoms with Crippen LogP contribution in [-0.2, 0) is 12.7 Å². The average molecular weight is 350 g/mol. The van der Waals surface area contributed by atoms with Crippen molar-refractivity contribution in [2.45, 2.75) is 31.3 Å². The number of urea groups is 1. The Balaban J connectivity index is 1.56. The van der Waals surface area contributed by atoms with E-state index in [-0.39, 0.29) is 12.6 Å². The van der Waals surface area contributed by atoms with E-state index in [1.807, 2.05) is 24.3 Å². The Bertz CT molecular complexity index is 760. The Morgan fingerprint density at radius 3 is 2.36 bits per heavy atom. The molecule has 25 heavy (non-hydrogen) atoms. The average Bonchev–Trinajstić information content (AvgIpc) is 2.89. The van der Waals surface area contributed by atoms with Gasteiger partial charge in [0.25, 0.3) is 0 Å². The minimum atomic E-state index is -4.37. The molecule has 2 atom stereocenters. The fourth-order valence-corrected chi connectivity index (χ4v) is 2.95. The Morgan fingerprint density at radius 1 is 1.08 bits per heavy atom. The van der Waals surface area contributed by atoms with Crippen molar-refractivity contribution in [2.24, 2.45) is 0 Å². The number of carbonyl (C=O) groups is 1. The largest absolute Gasteiger partial charge is 0.416 e. The first kappa shape index (κ1) is 17.3. The molecule has 132 valence electrons. The number of aliphatic hydroxyl groups is 1. The second-order valence-corrected chi connectivity index (χ2v) is 5.95. The first-order chi connectivity index (χ1) is 11.8. The summed E-state index contributed by atoms with van der Waals surface area (Å²) in [5, 5.41) is 15.4. The Kier molecular flexibility index (Phi) is 4.67. The second-order valence-electron chi connectivity index (χ2n) is 5.95. The summed E-state index contributed by atoms with van der Waals surface area (Å²) in [5.74, 6) is 0. The fraction of sp³-hybridized carbons (Fsp3) is 0.278. The van der Waals surface area contributed by atoms with Gasteiger partial charge in [0.05, 0.1) is 17.7 Å². The molecule has 0 heterocycles. The minimum absolute atomic E-state index is 0.112. The van der Waals surface area contributed by atoms with E-state index < -0.39 is 23.9 Å². The molecule has 2 aromatic carbocycles. The van der Waals surface area contributed by atoms with Crippen molar-refractivity contribution in [3.63, 3.8) is 0 Å². The predicted octanol–water partition coefficient (Wildman–Crippen LogP) is 3.68. The van der Waals surface area contributed by atoms with Gasteiger partial charge in [0.1, 0.15) is 0 Å². The monoisotopic (exact) mass is 350 g/mol. The van der Waals surface area contributed by atoms with E-state index in [2.05, 4.69) is 10.6 Å². The molecule has 0 spiro atoms. The molecule has 3 rings (SSSR count). The molecule has 0 aromatic heterocycles. The SMILES string of the molecule is O=C(NCc1ccc(C(F)(F)F)cc1)NC1CC(O)c2ccccc21. The van der Waals surface area contributed by atoms with Crippen LogP contribution in [0.5, 0.6) is 0 Å². The van der Waals surface area contributed by atoms with E-state index in [1.165, 1.54) is 12.1 Å². The van der Waals surface area contributed by atoms with Gasteiger partial charge < -0.3 is 15.7 Å². The second kappa shape index (κ2) is 6.76. The maximum Gasteiger partial charge on any atom is 0.416 e. The van der Waals surface area contributed by atoms with Crippen LogP contribution in [0, 0.1) is 0 Å². The molecular formula is C18H17F3N2O2. The van der Waals surface area contributed by atoms with Crippen molar-refractivity contribution in [1.82, 2.24) is 10.6 Å². The molecule has 0 radical (unpaired) electrons. The lowest BCUT2D eigenvalue weighted by atomic mass is 10.1. The summed E-state index contributed by atoms with van der Waals surface area (Å²) < 4.78 is 37.5. The van der Waals surface area contributed by atoms with Crippen LogP contribution in [0.4, 0.5) is 18.0 Å². The van der Waals surface area contributed by atoms with Crippen LogP contribution in [0.1, 0.15) is 40.8 Å². The van der Waals surface area contributed by atoms with Crippen LogP contribution in [0.25, 0.3) is 0 Å². The Morgan fingerprint density at radius 2 is 1.72 bits per heavy atom. The Hall–Kier alpha value is -2.54. The third-order valence-electron chi connectivity index (χ3n) is 4.23. The Labute approximate surface area is 142 Å². The topological polar surface area (TPSA) is 61.4 Å². The quantitative estimate of drug-likeness (QED) is 0.791. The van der Waals surface area contributed by atoms with E-state index in [4.69, 9.17) is 0 Å². The normalized spacial score (nSPS) is 19.4. The number of amides is 2. The lowest BCUT2D eigenvalue weighted by Crippen LogP contribution is -2.37. The third-order valence-corrected chi connectivity index (χ3v) is 4.23. The van der Waals surface area contributed by atoms with Gasteiger partial charge in [0.15, 0.2) is 0 Å². The molecule has 7 heteroatoms. The molecule has 1 aliphatic rings. The van der Waals surface area contributed by atoms with Crippen molar-refractivity contribution in [2.75, 3.05) is 0 Å². The summed E-state index contributed by atoms with van der Waals surface area (Å²) in [6.45, 7) is 0.112. The minimum Gasteiger partial charge on any atom is -0.388 e. The van der Waals surface area contributed by atoms with E-state index >= 15 is 0 Å². The highest BCUT2D eigenvalue weighted by Crippen LogP contribution is 2.38. The smallest absolute Gasteiger partial charge is 0.388 e. The lowest BCUT2D eigenvalue weighted by molar-refractivity contribution is -0.137. The molecule has 0 saturated carbocycles. The maximum atomic E-state index is 12.5. The van der Waals surface area contributed by atoms with Crippen molar-refractivity contribution < 1.29 is 23.1 Å². The molecule has 0 bridgehead atoms. The van der Waals surface area contributed by atoms with Gasteiger partial charge in [-0.25, -0.2) is 4.79 Å². The van der Waals surface area contributed by atoms with Crippen molar-refractivity contribution in [1.29, 1.82) is 0 Å². The van der Waals surface area contributed by atoms with Crippen LogP contribution in [-0.4, -0.2) is 11.1 Å². The van der Waals surface area contributed by atoms with Gasteiger partial charge >= 0.3 is 12.2 Å². The summed E-state index contributed by atoms with van der Waals surface area (Å²) in [6.07, 6.45) is -4.59. The van der Waals surface area contributed by atoms with Crippen LogP contribution < -0.4 is 10.6 Å². The van der Waals surface area contributed by atoms with E-state index in [0.717, 1.165) is 23.3 Å². The molecule has 0 aliphatic heterocycles. The third kappa shape index (κ3) is 3.93. The maximum absolute atomic E-state index is 12.5. The summed E-state index contributed by atoms with van der Waals surface area (Å²) in [6, 6.07) is 11.2. The van der Waals surface area contributed by atoms with Gasteiger partial charge in [0, 0.05) is 13.0 Å². The molecule has 0 fully saturated rings. The van der Waals surface area contributed by atoms with Gasteiger partial charge in [-0.2, -0.15) is 13.2 Å². The highest BCUT2D eigenvalue weighted by Gasteiger charge is 2.31. The van der Waals surface area contributed by atoms with E-state index in [1.54, 1.807) is 0 Å². The standard InChI is InChI=1S/C18H17F3N2O2/c19-18(20,21)12-7-5-11(6-8-12)10-22-17(25)23-15-9-16(24)14-4-2-1-3-13(14)15/h1-8,15-16,24H,9-10H2,(H2,22,23,25). The van der Waals surface area contributed by atoms with E-state index in [9.17, 15) is 23.1 Å². The first-order valence-corrected chi connectivity index (χ1v) is 7.82. The number of aliphatic hydroxyl groups excluding tert-OH is 1. The fourth-order valence-electron chi connectivity index (χ4n) is 2.95. The predicted molar refractivity (Wildman–Crippen MR) is 85.6 cm³/mol. The number of halogens is 3. The molecule has 1 aliphatic carbocycles. The molecule has 4 nitrogen and oxygen atoms in total. The number of nitrogens with one attached hydrogen (secondary N) is 2. The number of rotatable bonds is 3. The molecule has 3 N–H and O–H groups in total.